The first-order valence-electron chi connectivity index (χ1n) is 5.92. The van der Waals surface area contributed by atoms with Crippen molar-refractivity contribution >= 4 is 15.7 Å². The van der Waals surface area contributed by atoms with Crippen molar-refractivity contribution < 1.29 is 29.4 Å². The molecule has 0 fully saturated rings. The average molecular weight is 357 g/mol. The fourth-order valence-electron chi connectivity index (χ4n) is 1.70. The Morgan fingerprint density at radius 1 is 0.950 bits per heavy atom. The topological polar surface area (TPSA) is 41.3 Å². The predicted molar refractivity (Wildman–Crippen MR) is 74.7 cm³/mol. The van der Waals surface area contributed by atoms with Crippen molar-refractivity contribution in [1.29, 1.82) is 0 Å². The maximum atomic E-state index is 12.4. The minimum absolute atomic E-state index is 0. The second-order valence-electron chi connectivity index (χ2n) is 4.60. The number of halogens is 1. The largest absolute Gasteiger partial charge is 1.00 e. The maximum Gasteiger partial charge on any atom is 0.399 e. The van der Waals surface area contributed by atoms with E-state index >= 15 is 0 Å². The summed E-state index contributed by atoms with van der Waals surface area (Å²) in [5.74, 6) is 0. The number of anilines is 1. The Kier molecular flexibility index (Phi) is 5.30. The summed E-state index contributed by atoms with van der Waals surface area (Å²) in [5.41, 5.74) is 1.99. The smallest absolute Gasteiger partial charge is 0.399 e. The van der Waals surface area contributed by atoms with E-state index in [1.807, 2.05) is 25.9 Å². The van der Waals surface area contributed by atoms with Crippen LogP contribution in [0.5, 0.6) is 0 Å². The highest BCUT2D eigenvalue weighted by molar-refractivity contribution is 7.85. The van der Waals surface area contributed by atoms with Crippen LogP contribution in [-0.2, 0) is 10.0 Å². The Morgan fingerprint density at radius 3 is 1.90 bits per heavy atom. The molecule has 0 spiro atoms. The summed E-state index contributed by atoms with van der Waals surface area (Å²) in [6.45, 7) is 1.93. The van der Waals surface area contributed by atoms with Gasteiger partial charge in [0, 0.05) is 31.9 Å². The number of hydrogen-bond acceptors (Lipinski definition) is 3. The Bertz CT molecular complexity index is 665. The van der Waals surface area contributed by atoms with Gasteiger partial charge in [0.25, 0.3) is 0 Å². The summed E-state index contributed by atoms with van der Waals surface area (Å²) in [5, 5.41) is 0. The Hall–Kier alpha value is -1.40. The molecule has 6 heteroatoms. The molecule has 0 amide bonds. The third-order valence-electron chi connectivity index (χ3n) is 2.90. The van der Waals surface area contributed by atoms with Crippen LogP contribution in [-0.4, -0.2) is 22.5 Å². The van der Waals surface area contributed by atoms with Crippen molar-refractivity contribution in [3.05, 3.63) is 54.4 Å². The molecular weight excluding hydrogens is 340 g/mol. The van der Waals surface area contributed by atoms with Crippen LogP contribution in [0.2, 0.25) is 0 Å². The van der Waals surface area contributed by atoms with Gasteiger partial charge < -0.3 is 21.9 Å². The zero-order valence-corrected chi connectivity index (χ0v) is 14.0. The van der Waals surface area contributed by atoms with Gasteiger partial charge in [-0.25, -0.2) is 0 Å². The second-order valence-corrected chi connectivity index (χ2v) is 6.44. The predicted octanol–water partition coefficient (Wildman–Crippen LogP) is -1.41. The van der Waals surface area contributed by atoms with E-state index in [9.17, 15) is 8.42 Å². The van der Waals surface area contributed by atoms with Crippen LogP contribution < -0.4 is 25.9 Å². The molecule has 0 bridgehead atoms. The average Bonchev–Trinajstić information content (AvgIpc) is 2.39. The van der Waals surface area contributed by atoms with Crippen LogP contribution in [0.4, 0.5) is 5.69 Å². The van der Waals surface area contributed by atoms with Gasteiger partial charge in [-0.05, 0) is 19.1 Å². The molecule has 0 saturated heterocycles. The normalized spacial score (nSPS) is 10.8. The maximum absolute atomic E-state index is 12.4. The van der Waals surface area contributed by atoms with Crippen molar-refractivity contribution in [3.63, 3.8) is 0 Å². The van der Waals surface area contributed by atoms with E-state index in [2.05, 4.69) is 0 Å². The third kappa shape index (κ3) is 3.37. The van der Waals surface area contributed by atoms with E-state index in [4.69, 9.17) is 0 Å². The first-order valence-corrected chi connectivity index (χ1v) is 7.36. The first-order chi connectivity index (χ1) is 8.91. The van der Waals surface area contributed by atoms with E-state index in [0.29, 0.717) is 4.90 Å². The molecule has 108 valence electrons. The molecule has 1 aromatic carbocycles. The summed E-state index contributed by atoms with van der Waals surface area (Å²) < 4.78 is 26.0. The highest BCUT2D eigenvalue weighted by atomic mass is 79.9. The van der Waals surface area contributed by atoms with Gasteiger partial charge >= 0.3 is 10.0 Å². The molecule has 4 nitrogen and oxygen atoms in total. The molecule has 0 N–H and O–H groups in total. The molecule has 20 heavy (non-hydrogen) atoms. The number of aromatic nitrogens is 1. The third-order valence-corrected chi connectivity index (χ3v) is 4.56. The lowest BCUT2D eigenvalue weighted by Crippen LogP contribution is -3.00. The van der Waals surface area contributed by atoms with Gasteiger partial charge in [-0.15, -0.1) is 0 Å². The van der Waals surface area contributed by atoms with Crippen molar-refractivity contribution in [2.45, 2.75) is 11.8 Å². The lowest BCUT2D eigenvalue weighted by molar-refractivity contribution is -0.511. The summed E-state index contributed by atoms with van der Waals surface area (Å²) in [6, 6.07) is 10.4. The van der Waals surface area contributed by atoms with Crippen LogP contribution in [0.1, 0.15) is 5.56 Å². The fourth-order valence-corrected chi connectivity index (χ4v) is 2.86. The number of hydrogen-bond donors (Lipinski definition) is 0. The lowest BCUT2D eigenvalue weighted by Gasteiger charge is -2.10. The van der Waals surface area contributed by atoms with Gasteiger partial charge in [-0.3, -0.25) is 0 Å². The zero-order valence-electron chi connectivity index (χ0n) is 11.6. The van der Waals surface area contributed by atoms with E-state index in [1.165, 1.54) is 3.97 Å². The molecule has 2 rings (SSSR count). The van der Waals surface area contributed by atoms with Gasteiger partial charge in [-0.1, -0.05) is 21.7 Å². The summed E-state index contributed by atoms with van der Waals surface area (Å²) in [4.78, 5) is 2.21. The Morgan fingerprint density at radius 2 is 1.45 bits per heavy atom. The fraction of sp³-hybridized carbons (Fsp3) is 0.214. The van der Waals surface area contributed by atoms with E-state index in [1.54, 1.807) is 48.8 Å². The van der Waals surface area contributed by atoms with Crippen LogP contribution >= 0.6 is 0 Å². The van der Waals surface area contributed by atoms with Crippen LogP contribution in [0.3, 0.4) is 0 Å². The zero-order chi connectivity index (χ0) is 14.0. The van der Waals surface area contributed by atoms with Gasteiger partial charge in [0.1, 0.15) is 4.90 Å². The minimum atomic E-state index is -3.50. The molecule has 2 aromatic rings. The SMILES string of the molecule is Cc1ccc(S(=O)(=O)[n+]2ccc(N(C)C)cc2)cc1.[Br-]. The molecule has 0 unspecified atom stereocenters. The monoisotopic (exact) mass is 356 g/mol. The molecule has 0 atom stereocenters. The number of rotatable bonds is 3. The molecule has 0 saturated carbocycles. The first kappa shape index (κ1) is 16.7. The van der Waals surface area contributed by atoms with Crippen molar-refractivity contribution in [1.82, 2.24) is 0 Å². The number of benzene rings is 1. The van der Waals surface area contributed by atoms with Crippen molar-refractivity contribution in [2.24, 2.45) is 0 Å². The van der Waals surface area contributed by atoms with Crippen LogP contribution in [0, 0.1) is 6.92 Å². The standard InChI is InChI=1S/C14H17N2O2S.BrH/c1-12-4-6-14(7-5-12)19(17,18)16-10-8-13(9-11-16)15(2)3;/h4-11H,1-3H3;1H/q+1;/p-1. The number of pyridine rings is 1. The minimum Gasteiger partial charge on any atom is -1.00 e. The van der Waals surface area contributed by atoms with E-state index in [0.717, 1.165) is 11.3 Å². The number of aryl methyl sites for hydroxylation is 1. The molecule has 1 heterocycles. The summed E-state index contributed by atoms with van der Waals surface area (Å²) in [6.07, 6.45) is 3.12. The molecule has 0 aliphatic carbocycles. The van der Waals surface area contributed by atoms with Gasteiger partial charge in [0.05, 0.1) is 0 Å². The van der Waals surface area contributed by atoms with E-state index < -0.39 is 10.0 Å². The van der Waals surface area contributed by atoms with Crippen LogP contribution in [0.25, 0.3) is 0 Å². The molecule has 0 radical (unpaired) electrons. The van der Waals surface area contributed by atoms with E-state index in [-0.39, 0.29) is 17.0 Å². The van der Waals surface area contributed by atoms with Crippen molar-refractivity contribution in [3.8, 4) is 0 Å². The van der Waals surface area contributed by atoms with Crippen LogP contribution in [0.15, 0.2) is 53.7 Å². The van der Waals surface area contributed by atoms with Gasteiger partial charge in [-0.2, -0.15) is 8.42 Å². The summed E-state index contributed by atoms with van der Waals surface area (Å²) >= 11 is 0. The molecular formula is C14H17BrN2O2S. The Labute approximate surface area is 130 Å². The Balaban J connectivity index is 0.00000200. The molecule has 0 aliphatic rings. The van der Waals surface area contributed by atoms with Gasteiger partial charge in [0.2, 0.25) is 0 Å². The lowest BCUT2D eigenvalue weighted by atomic mass is 10.2. The number of nitrogens with zero attached hydrogens (tertiary/aromatic N) is 2. The van der Waals surface area contributed by atoms with Gasteiger partial charge in [0.15, 0.2) is 12.4 Å². The summed E-state index contributed by atoms with van der Waals surface area (Å²) in [7, 11) is 0.322. The highest BCUT2D eigenvalue weighted by Crippen LogP contribution is 2.11. The molecule has 0 aliphatic heterocycles. The highest BCUT2D eigenvalue weighted by Gasteiger charge is 2.24. The van der Waals surface area contributed by atoms with Crippen molar-refractivity contribution in [2.75, 3.05) is 19.0 Å². The second kappa shape index (κ2) is 6.37. The quantitative estimate of drug-likeness (QED) is 0.634. The molecule has 1 aromatic heterocycles.